The summed E-state index contributed by atoms with van der Waals surface area (Å²) < 4.78 is 0. The van der Waals surface area contributed by atoms with Crippen molar-refractivity contribution in [2.75, 3.05) is 40.8 Å². The lowest BCUT2D eigenvalue weighted by Gasteiger charge is -2.16. The average molecular weight is 250 g/mol. The minimum atomic E-state index is 1.14. The van der Waals surface area contributed by atoms with E-state index in [9.17, 15) is 0 Å². The van der Waals surface area contributed by atoms with Gasteiger partial charge in [-0.2, -0.15) is 0 Å². The molecule has 1 aromatic rings. The molecule has 0 atom stereocenters. The highest BCUT2D eigenvalue weighted by molar-refractivity contribution is 5.20. The van der Waals surface area contributed by atoms with Gasteiger partial charge in [-0.3, -0.25) is 0 Å². The molecule has 0 heterocycles. The molecular formula is C16H30N2. The highest BCUT2D eigenvalue weighted by Gasteiger charge is 1.93. The molecule has 2 heteroatoms. The van der Waals surface area contributed by atoms with Crippen LogP contribution in [0.5, 0.6) is 0 Å². The molecule has 0 unspecified atom stereocenters. The van der Waals surface area contributed by atoms with Crippen molar-refractivity contribution in [3.63, 3.8) is 0 Å². The Kier molecular flexibility index (Phi) is 9.62. The first-order chi connectivity index (χ1) is 8.49. The molecule has 0 N–H and O–H groups in total. The summed E-state index contributed by atoms with van der Waals surface area (Å²) in [4.78, 5) is 4.51. The zero-order valence-corrected chi connectivity index (χ0v) is 13.0. The smallest absolute Gasteiger partial charge is 0.0106 e. The molecule has 0 aliphatic heterocycles. The van der Waals surface area contributed by atoms with Crippen LogP contribution >= 0.6 is 0 Å². The van der Waals surface area contributed by atoms with Crippen LogP contribution in [0.3, 0.4) is 0 Å². The zero-order valence-electron chi connectivity index (χ0n) is 13.0. The Bertz CT molecular complexity index is 290. The van der Waals surface area contributed by atoms with E-state index < -0.39 is 0 Å². The minimum Gasteiger partial charge on any atom is -0.308 e. The maximum atomic E-state index is 2.31. The van der Waals surface area contributed by atoms with E-state index in [2.05, 4.69) is 76.0 Å². The molecule has 0 saturated carbocycles. The highest BCUT2D eigenvalue weighted by Crippen LogP contribution is 2.02. The van der Waals surface area contributed by atoms with Crippen molar-refractivity contribution in [3.8, 4) is 0 Å². The van der Waals surface area contributed by atoms with Crippen LogP contribution in [-0.4, -0.2) is 50.6 Å². The third-order valence-corrected chi connectivity index (χ3v) is 3.00. The maximum absolute atomic E-state index is 2.31. The fourth-order valence-corrected chi connectivity index (χ4v) is 1.35. The predicted octanol–water partition coefficient (Wildman–Crippen LogP) is 3.06. The van der Waals surface area contributed by atoms with E-state index in [4.69, 9.17) is 0 Å². The van der Waals surface area contributed by atoms with Crippen molar-refractivity contribution in [2.45, 2.75) is 27.2 Å². The van der Waals surface area contributed by atoms with Gasteiger partial charge < -0.3 is 9.80 Å². The van der Waals surface area contributed by atoms with Crippen LogP contribution in [0.2, 0.25) is 0 Å². The fourth-order valence-electron chi connectivity index (χ4n) is 1.35. The second-order valence-corrected chi connectivity index (χ2v) is 5.04. The molecule has 0 radical (unpaired) electrons. The van der Waals surface area contributed by atoms with Gasteiger partial charge in [-0.25, -0.2) is 0 Å². The van der Waals surface area contributed by atoms with Gasteiger partial charge in [0.25, 0.3) is 0 Å². The van der Waals surface area contributed by atoms with Gasteiger partial charge in [-0.1, -0.05) is 43.7 Å². The first kappa shape index (κ1) is 17.1. The van der Waals surface area contributed by atoms with Crippen molar-refractivity contribution in [1.82, 2.24) is 9.80 Å². The third kappa shape index (κ3) is 9.20. The van der Waals surface area contributed by atoms with E-state index in [1.807, 2.05) is 0 Å². The van der Waals surface area contributed by atoms with Gasteiger partial charge in [-0.05, 0) is 46.6 Å². The van der Waals surface area contributed by atoms with Gasteiger partial charge in [0.05, 0.1) is 0 Å². The first-order valence-electron chi connectivity index (χ1n) is 6.88. The fraction of sp³-hybridized carbons (Fsp3) is 0.625. The van der Waals surface area contributed by atoms with Crippen LogP contribution in [0.1, 0.15) is 25.0 Å². The lowest BCUT2D eigenvalue weighted by atomic mass is 10.1. The predicted molar refractivity (Wildman–Crippen MR) is 82.3 cm³/mol. The summed E-state index contributed by atoms with van der Waals surface area (Å²) in [5.74, 6) is 0. The standard InChI is InChI=1S/C9H12.C7H18N2/c1-3-9-6-4-8(2)5-7-9;1-5-9(4)7-6-8(2)3/h4-7H,3H2,1-2H3;5-7H2,1-4H3. The molecule has 0 bridgehead atoms. The van der Waals surface area contributed by atoms with E-state index in [1.165, 1.54) is 17.7 Å². The molecular weight excluding hydrogens is 220 g/mol. The van der Waals surface area contributed by atoms with Gasteiger partial charge in [0.15, 0.2) is 0 Å². The van der Waals surface area contributed by atoms with E-state index in [0.717, 1.165) is 19.5 Å². The summed E-state index contributed by atoms with van der Waals surface area (Å²) in [6.45, 7) is 9.93. The molecule has 0 amide bonds. The van der Waals surface area contributed by atoms with Crippen LogP contribution in [0, 0.1) is 6.92 Å². The lowest BCUT2D eigenvalue weighted by molar-refractivity contribution is 0.292. The minimum absolute atomic E-state index is 1.14. The Morgan fingerprint density at radius 2 is 1.44 bits per heavy atom. The van der Waals surface area contributed by atoms with Gasteiger partial charge in [0.1, 0.15) is 0 Å². The molecule has 18 heavy (non-hydrogen) atoms. The Morgan fingerprint density at radius 3 is 1.83 bits per heavy atom. The summed E-state index contributed by atoms with van der Waals surface area (Å²) in [6, 6.07) is 8.66. The summed E-state index contributed by atoms with van der Waals surface area (Å²) in [5, 5.41) is 0. The zero-order chi connectivity index (χ0) is 14.0. The van der Waals surface area contributed by atoms with Crippen molar-refractivity contribution < 1.29 is 0 Å². The van der Waals surface area contributed by atoms with Crippen molar-refractivity contribution in [2.24, 2.45) is 0 Å². The van der Waals surface area contributed by atoms with Crippen molar-refractivity contribution >= 4 is 0 Å². The summed E-state index contributed by atoms with van der Waals surface area (Å²) in [5.41, 5.74) is 2.76. The van der Waals surface area contributed by atoms with E-state index in [0.29, 0.717) is 0 Å². The molecule has 0 aliphatic rings. The summed E-state index contributed by atoms with van der Waals surface area (Å²) in [7, 11) is 6.34. The molecule has 0 fully saturated rings. The Morgan fingerprint density at radius 1 is 0.889 bits per heavy atom. The van der Waals surface area contributed by atoms with Gasteiger partial charge in [0, 0.05) is 13.1 Å². The van der Waals surface area contributed by atoms with Crippen LogP contribution in [-0.2, 0) is 6.42 Å². The summed E-state index contributed by atoms with van der Waals surface area (Å²) in [6.07, 6.45) is 1.14. The molecule has 1 aromatic carbocycles. The molecule has 0 aromatic heterocycles. The SMILES string of the molecule is CCN(C)CCN(C)C.CCc1ccc(C)cc1. The van der Waals surface area contributed by atoms with Gasteiger partial charge in [-0.15, -0.1) is 0 Å². The molecule has 0 aliphatic carbocycles. The van der Waals surface area contributed by atoms with Crippen LogP contribution in [0.15, 0.2) is 24.3 Å². The monoisotopic (exact) mass is 250 g/mol. The number of rotatable bonds is 5. The van der Waals surface area contributed by atoms with Crippen LogP contribution in [0.25, 0.3) is 0 Å². The molecule has 2 nitrogen and oxygen atoms in total. The van der Waals surface area contributed by atoms with E-state index >= 15 is 0 Å². The highest BCUT2D eigenvalue weighted by atomic mass is 15.1. The number of likely N-dealkylation sites (N-methyl/N-ethyl adjacent to an activating group) is 2. The molecule has 0 saturated heterocycles. The molecule has 0 spiro atoms. The number of nitrogens with zero attached hydrogens (tertiary/aromatic N) is 2. The van der Waals surface area contributed by atoms with Gasteiger partial charge in [0.2, 0.25) is 0 Å². The Balaban J connectivity index is 0.000000321. The average Bonchev–Trinajstić information content (AvgIpc) is 2.37. The quantitative estimate of drug-likeness (QED) is 0.792. The molecule has 104 valence electrons. The second-order valence-electron chi connectivity index (χ2n) is 5.04. The largest absolute Gasteiger partial charge is 0.308 e. The van der Waals surface area contributed by atoms with Crippen molar-refractivity contribution in [1.29, 1.82) is 0 Å². The number of hydrogen-bond donors (Lipinski definition) is 0. The second kappa shape index (κ2) is 10.1. The topological polar surface area (TPSA) is 6.48 Å². The third-order valence-electron chi connectivity index (χ3n) is 3.00. The van der Waals surface area contributed by atoms with Crippen LogP contribution < -0.4 is 0 Å². The lowest BCUT2D eigenvalue weighted by Crippen LogP contribution is -2.28. The van der Waals surface area contributed by atoms with Crippen molar-refractivity contribution in [3.05, 3.63) is 35.4 Å². The first-order valence-corrected chi connectivity index (χ1v) is 6.88. The number of aryl methyl sites for hydroxylation is 2. The van der Waals surface area contributed by atoms with E-state index in [1.54, 1.807) is 0 Å². The Labute approximate surface area is 114 Å². The molecule has 1 rings (SSSR count). The number of benzene rings is 1. The summed E-state index contributed by atoms with van der Waals surface area (Å²) >= 11 is 0. The normalized spacial score (nSPS) is 10.4. The van der Waals surface area contributed by atoms with Gasteiger partial charge >= 0.3 is 0 Å². The number of hydrogen-bond acceptors (Lipinski definition) is 2. The maximum Gasteiger partial charge on any atom is 0.0106 e. The van der Waals surface area contributed by atoms with E-state index in [-0.39, 0.29) is 0 Å². The Hall–Kier alpha value is -0.860. The van der Waals surface area contributed by atoms with Crippen LogP contribution in [0.4, 0.5) is 0 Å².